The minimum absolute atomic E-state index is 0.101. The molecule has 1 aromatic heterocycles. The molecule has 20 heavy (non-hydrogen) atoms. The number of nitrogens with one attached hydrogen (secondary N) is 1. The van der Waals surface area contributed by atoms with E-state index in [1.807, 2.05) is 21.7 Å². The van der Waals surface area contributed by atoms with Crippen LogP contribution in [0.15, 0.2) is 16.8 Å². The van der Waals surface area contributed by atoms with Crippen LogP contribution >= 0.6 is 11.3 Å². The average Bonchev–Trinajstić information content (AvgIpc) is 2.89. The van der Waals surface area contributed by atoms with Crippen LogP contribution in [0.5, 0.6) is 0 Å². The van der Waals surface area contributed by atoms with Crippen LogP contribution in [0, 0.1) is 5.92 Å². The molecule has 1 atom stereocenters. The number of hydrogen-bond donors (Lipinski definition) is 2. The molecule has 0 spiro atoms. The lowest BCUT2D eigenvalue weighted by Crippen LogP contribution is -2.45. The third-order valence-corrected chi connectivity index (χ3v) is 4.68. The quantitative estimate of drug-likeness (QED) is 0.819. The van der Waals surface area contributed by atoms with Crippen LogP contribution < -0.4 is 9.86 Å². The van der Waals surface area contributed by atoms with E-state index < -0.39 is 10.2 Å². The fourth-order valence-corrected chi connectivity index (χ4v) is 3.51. The number of likely N-dealkylation sites (tertiary alicyclic amines) is 1. The Balaban J connectivity index is 1.85. The Labute approximate surface area is 123 Å². The summed E-state index contributed by atoms with van der Waals surface area (Å²) in [5.74, 6) is 0.234. The number of carbonyl (C=O) groups is 1. The van der Waals surface area contributed by atoms with Crippen LogP contribution in [0.25, 0.3) is 0 Å². The SMILES string of the molecule is NS(=O)(=O)NCC1CCCN(C(=O)Cc2ccsc2)C1. The smallest absolute Gasteiger partial charge is 0.274 e. The molecule has 1 amide bonds. The Morgan fingerprint density at radius 1 is 1.55 bits per heavy atom. The van der Waals surface area contributed by atoms with E-state index in [0.29, 0.717) is 19.5 Å². The van der Waals surface area contributed by atoms with E-state index in [2.05, 4.69) is 4.72 Å². The van der Waals surface area contributed by atoms with Gasteiger partial charge < -0.3 is 4.90 Å². The van der Waals surface area contributed by atoms with Gasteiger partial charge in [-0.05, 0) is 41.1 Å². The maximum atomic E-state index is 12.2. The summed E-state index contributed by atoms with van der Waals surface area (Å²) in [4.78, 5) is 14.0. The highest BCUT2D eigenvalue weighted by atomic mass is 32.2. The molecule has 112 valence electrons. The zero-order valence-corrected chi connectivity index (χ0v) is 12.8. The van der Waals surface area contributed by atoms with Crippen LogP contribution in [0.4, 0.5) is 0 Å². The molecule has 0 saturated carbocycles. The zero-order valence-electron chi connectivity index (χ0n) is 11.1. The van der Waals surface area contributed by atoms with Crippen molar-refractivity contribution >= 4 is 27.5 Å². The van der Waals surface area contributed by atoms with Gasteiger partial charge >= 0.3 is 0 Å². The summed E-state index contributed by atoms with van der Waals surface area (Å²) in [7, 11) is -3.65. The monoisotopic (exact) mass is 317 g/mol. The number of thiophene rings is 1. The number of nitrogens with two attached hydrogens (primary N) is 1. The van der Waals surface area contributed by atoms with Gasteiger partial charge in [-0.15, -0.1) is 0 Å². The summed E-state index contributed by atoms with van der Waals surface area (Å²) in [6.07, 6.45) is 2.22. The van der Waals surface area contributed by atoms with E-state index >= 15 is 0 Å². The second-order valence-electron chi connectivity index (χ2n) is 5.05. The molecular formula is C12H19N3O3S2. The van der Waals surface area contributed by atoms with Crippen molar-refractivity contribution in [3.05, 3.63) is 22.4 Å². The lowest BCUT2D eigenvalue weighted by molar-refractivity contribution is -0.132. The van der Waals surface area contributed by atoms with Gasteiger partial charge in [-0.3, -0.25) is 4.79 Å². The molecule has 2 heterocycles. The van der Waals surface area contributed by atoms with E-state index in [4.69, 9.17) is 5.14 Å². The second kappa shape index (κ2) is 6.66. The van der Waals surface area contributed by atoms with Gasteiger partial charge in [0.15, 0.2) is 0 Å². The molecule has 8 heteroatoms. The largest absolute Gasteiger partial charge is 0.342 e. The Hall–Kier alpha value is -0.960. The van der Waals surface area contributed by atoms with E-state index in [1.54, 1.807) is 11.3 Å². The van der Waals surface area contributed by atoms with Gasteiger partial charge in [0.2, 0.25) is 5.91 Å². The summed E-state index contributed by atoms with van der Waals surface area (Å²) in [6, 6.07) is 1.95. The third kappa shape index (κ3) is 4.86. The maximum absolute atomic E-state index is 12.2. The molecule has 1 aliphatic heterocycles. The molecule has 0 radical (unpaired) electrons. The van der Waals surface area contributed by atoms with Crippen molar-refractivity contribution in [1.29, 1.82) is 0 Å². The van der Waals surface area contributed by atoms with Crippen molar-refractivity contribution in [2.24, 2.45) is 11.1 Å². The first-order valence-corrected chi connectivity index (χ1v) is 8.99. The first-order chi connectivity index (χ1) is 9.44. The lowest BCUT2D eigenvalue weighted by Gasteiger charge is -2.32. The van der Waals surface area contributed by atoms with Crippen molar-refractivity contribution in [2.75, 3.05) is 19.6 Å². The maximum Gasteiger partial charge on any atom is 0.274 e. The average molecular weight is 317 g/mol. The molecular weight excluding hydrogens is 298 g/mol. The van der Waals surface area contributed by atoms with Crippen molar-refractivity contribution in [2.45, 2.75) is 19.3 Å². The van der Waals surface area contributed by atoms with Crippen molar-refractivity contribution in [3.63, 3.8) is 0 Å². The highest BCUT2D eigenvalue weighted by Crippen LogP contribution is 2.17. The van der Waals surface area contributed by atoms with Crippen LogP contribution in [-0.2, 0) is 21.4 Å². The molecule has 6 nitrogen and oxygen atoms in total. The number of carbonyl (C=O) groups excluding carboxylic acids is 1. The molecule has 1 fully saturated rings. The molecule has 1 aromatic rings. The fraction of sp³-hybridized carbons (Fsp3) is 0.583. The van der Waals surface area contributed by atoms with E-state index in [0.717, 1.165) is 24.9 Å². The van der Waals surface area contributed by atoms with Gasteiger partial charge in [0.1, 0.15) is 0 Å². The van der Waals surface area contributed by atoms with Gasteiger partial charge in [-0.1, -0.05) is 0 Å². The first-order valence-electron chi connectivity index (χ1n) is 6.50. The number of nitrogens with zero attached hydrogens (tertiary/aromatic N) is 1. The Morgan fingerprint density at radius 2 is 2.35 bits per heavy atom. The number of rotatable bonds is 5. The Morgan fingerprint density at radius 3 is 3.00 bits per heavy atom. The minimum atomic E-state index is -3.65. The normalized spacial score (nSPS) is 20.1. The predicted molar refractivity (Wildman–Crippen MR) is 78.4 cm³/mol. The summed E-state index contributed by atoms with van der Waals surface area (Å²) < 4.78 is 24.1. The van der Waals surface area contributed by atoms with Gasteiger partial charge in [0, 0.05) is 19.6 Å². The first kappa shape index (κ1) is 15.4. The predicted octanol–water partition coefficient (Wildman–Crippen LogP) is 0.322. The molecule has 3 N–H and O–H groups in total. The van der Waals surface area contributed by atoms with Crippen LogP contribution in [-0.4, -0.2) is 38.9 Å². The summed E-state index contributed by atoms with van der Waals surface area (Å²) >= 11 is 1.58. The fourth-order valence-electron chi connectivity index (χ4n) is 2.37. The van der Waals surface area contributed by atoms with Gasteiger partial charge in [0.05, 0.1) is 6.42 Å². The number of piperidine rings is 1. The van der Waals surface area contributed by atoms with Crippen molar-refractivity contribution < 1.29 is 13.2 Å². The van der Waals surface area contributed by atoms with Gasteiger partial charge in [0.25, 0.3) is 10.2 Å². The van der Waals surface area contributed by atoms with Crippen LogP contribution in [0.1, 0.15) is 18.4 Å². The molecule has 0 aromatic carbocycles. The lowest BCUT2D eigenvalue weighted by atomic mass is 9.98. The van der Waals surface area contributed by atoms with Gasteiger partial charge in [-0.2, -0.15) is 19.8 Å². The highest BCUT2D eigenvalue weighted by Gasteiger charge is 2.24. The van der Waals surface area contributed by atoms with E-state index in [-0.39, 0.29) is 11.8 Å². The second-order valence-corrected chi connectivity index (χ2v) is 7.21. The number of hydrogen-bond acceptors (Lipinski definition) is 4. The zero-order chi connectivity index (χ0) is 14.6. The molecule has 1 saturated heterocycles. The van der Waals surface area contributed by atoms with Crippen LogP contribution in [0.3, 0.4) is 0 Å². The van der Waals surface area contributed by atoms with E-state index in [9.17, 15) is 13.2 Å². The van der Waals surface area contributed by atoms with Gasteiger partial charge in [-0.25, -0.2) is 9.86 Å². The summed E-state index contributed by atoms with van der Waals surface area (Å²) in [5.41, 5.74) is 1.03. The molecule has 0 aliphatic carbocycles. The minimum Gasteiger partial charge on any atom is -0.342 e. The molecule has 2 rings (SSSR count). The summed E-state index contributed by atoms with van der Waals surface area (Å²) in [6.45, 7) is 1.63. The highest BCUT2D eigenvalue weighted by molar-refractivity contribution is 7.87. The Bertz CT molecular complexity index is 542. The topological polar surface area (TPSA) is 92.5 Å². The summed E-state index contributed by atoms with van der Waals surface area (Å²) in [5, 5.41) is 8.85. The van der Waals surface area contributed by atoms with Crippen LogP contribution in [0.2, 0.25) is 0 Å². The Kier molecular flexibility index (Phi) is 5.14. The van der Waals surface area contributed by atoms with Crippen molar-refractivity contribution in [3.8, 4) is 0 Å². The molecule has 1 unspecified atom stereocenters. The van der Waals surface area contributed by atoms with E-state index in [1.165, 1.54) is 0 Å². The molecule has 1 aliphatic rings. The van der Waals surface area contributed by atoms with Crippen molar-refractivity contribution in [1.82, 2.24) is 9.62 Å². The standard InChI is InChI=1S/C12H19N3O3S2/c13-20(17,18)14-7-11-2-1-4-15(8-11)12(16)6-10-3-5-19-9-10/h3,5,9,11,14H,1-2,4,6-8H2,(H2,13,17,18). The molecule has 0 bridgehead atoms. The number of amides is 1. The third-order valence-electron chi connectivity index (χ3n) is 3.38.